The molecule has 0 saturated carbocycles. The second-order valence-electron chi connectivity index (χ2n) is 6.48. The number of halogens is 2. The number of amides is 2. The highest BCUT2D eigenvalue weighted by molar-refractivity contribution is 5.92. The van der Waals surface area contributed by atoms with Crippen molar-refractivity contribution in [1.29, 1.82) is 0 Å². The number of urea groups is 1. The van der Waals surface area contributed by atoms with Gasteiger partial charge in [-0.05, 0) is 42.7 Å². The lowest BCUT2D eigenvalue weighted by Gasteiger charge is -2.22. The Balaban J connectivity index is 1.62. The van der Waals surface area contributed by atoms with E-state index in [1.165, 1.54) is 16.5 Å². The Hall–Kier alpha value is -2.89. The molecule has 0 fully saturated rings. The predicted molar refractivity (Wildman–Crippen MR) is 97.1 cm³/mol. The number of anilines is 1. The quantitative estimate of drug-likeness (QED) is 0.720. The molecular formula is C20H19F2N3O. The predicted octanol–water partition coefficient (Wildman–Crippen LogP) is 4.53. The smallest absolute Gasteiger partial charge is 0.322 e. The summed E-state index contributed by atoms with van der Waals surface area (Å²) in [6, 6.07) is 8.68. The second-order valence-corrected chi connectivity index (χ2v) is 6.48. The first kappa shape index (κ1) is 16.6. The molecule has 2 aromatic carbocycles. The number of aryl methyl sites for hydroxylation is 1. The highest BCUT2D eigenvalue weighted by Crippen LogP contribution is 2.29. The fourth-order valence-electron chi connectivity index (χ4n) is 3.60. The minimum Gasteiger partial charge on any atom is -0.347 e. The van der Waals surface area contributed by atoms with Crippen LogP contribution in [-0.4, -0.2) is 22.0 Å². The van der Waals surface area contributed by atoms with Crippen LogP contribution in [-0.2, 0) is 19.5 Å². The third-order valence-corrected chi connectivity index (χ3v) is 4.88. The number of hydrogen-bond acceptors (Lipinski definition) is 1. The van der Waals surface area contributed by atoms with Crippen molar-refractivity contribution < 1.29 is 13.6 Å². The van der Waals surface area contributed by atoms with Crippen molar-refractivity contribution in [2.45, 2.75) is 26.4 Å². The molecule has 0 radical (unpaired) electrons. The Morgan fingerprint density at radius 3 is 2.85 bits per heavy atom. The third kappa shape index (κ3) is 2.81. The summed E-state index contributed by atoms with van der Waals surface area (Å²) in [6.07, 6.45) is 2.86. The molecule has 1 aliphatic heterocycles. The zero-order chi connectivity index (χ0) is 18.3. The summed E-state index contributed by atoms with van der Waals surface area (Å²) in [4.78, 5) is 14.3. The second kappa shape index (κ2) is 6.44. The topological polar surface area (TPSA) is 37.3 Å². The Morgan fingerprint density at radius 2 is 2.04 bits per heavy atom. The molecule has 2 amide bonds. The Labute approximate surface area is 150 Å². The number of hydrogen-bond donors (Lipinski definition) is 1. The van der Waals surface area contributed by atoms with E-state index >= 15 is 0 Å². The van der Waals surface area contributed by atoms with Gasteiger partial charge in [-0.2, -0.15) is 0 Å². The highest BCUT2D eigenvalue weighted by Gasteiger charge is 2.22. The first-order chi connectivity index (χ1) is 12.6. The number of nitrogens with zero attached hydrogens (tertiary/aromatic N) is 2. The van der Waals surface area contributed by atoms with Gasteiger partial charge in [0.15, 0.2) is 0 Å². The number of rotatable bonds is 2. The van der Waals surface area contributed by atoms with Gasteiger partial charge in [0.05, 0.1) is 5.69 Å². The van der Waals surface area contributed by atoms with Crippen molar-refractivity contribution in [3.8, 4) is 0 Å². The van der Waals surface area contributed by atoms with Crippen molar-refractivity contribution in [1.82, 2.24) is 9.47 Å². The standard InChI is InChI=1S/C20H19F2N3O/c1-2-24-11-14-8-9-25(12-13-4-3-5-18(24)19(13)14)20(26)23-17-10-15(21)6-7-16(17)22/h3-7,10-11H,2,8-9,12H2,1H3,(H,23,26). The first-order valence-corrected chi connectivity index (χ1v) is 8.67. The number of nitrogens with one attached hydrogen (secondary N) is 1. The molecule has 0 spiro atoms. The molecule has 0 atom stereocenters. The van der Waals surface area contributed by atoms with Crippen molar-refractivity contribution in [2.75, 3.05) is 11.9 Å². The summed E-state index contributed by atoms with van der Waals surface area (Å²) in [5, 5.41) is 3.68. The molecule has 2 heterocycles. The molecule has 1 aromatic heterocycles. The van der Waals surface area contributed by atoms with E-state index in [0.717, 1.165) is 36.7 Å². The van der Waals surface area contributed by atoms with Gasteiger partial charge in [0, 0.05) is 42.8 Å². The Kier molecular flexibility index (Phi) is 4.11. The van der Waals surface area contributed by atoms with Gasteiger partial charge in [-0.15, -0.1) is 0 Å². The molecule has 4 rings (SSSR count). The van der Waals surface area contributed by atoms with E-state index in [1.54, 1.807) is 4.90 Å². The zero-order valence-electron chi connectivity index (χ0n) is 14.4. The largest absolute Gasteiger partial charge is 0.347 e. The maximum absolute atomic E-state index is 13.8. The summed E-state index contributed by atoms with van der Waals surface area (Å²) < 4.78 is 29.4. The monoisotopic (exact) mass is 355 g/mol. The van der Waals surface area contributed by atoms with Gasteiger partial charge in [-0.1, -0.05) is 12.1 Å². The molecule has 0 unspecified atom stereocenters. The summed E-state index contributed by atoms with van der Waals surface area (Å²) in [5.74, 6) is -1.25. The van der Waals surface area contributed by atoms with Gasteiger partial charge in [-0.3, -0.25) is 0 Å². The van der Waals surface area contributed by atoms with E-state index in [2.05, 4.69) is 29.1 Å². The molecule has 0 aliphatic carbocycles. The minimum absolute atomic E-state index is 0.145. The van der Waals surface area contributed by atoms with Gasteiger partial charge in [0.2, 0.25) is 0 Å². The van der Waals surface area contributed by atoms with Crippen molar-refractivity contribution >= 4 is 22.6 Å². The Bertz CT molecular complexity index is 996. The summed E-state index contributed by atoms with van der Waals surface area (Å²) >= 11 is 0. The maximum atomic E-state index is 13.8. The summed E-state index contributed by atoms with van der Waals surface area (Å²) in [6.45, 7) is 3.94. The zero-order valence-corrected chi connectivity index (χ0v) is 14.4. The van der Waals surface area contributed by atoms with Gasteiger partial charge >= 0.3 is 6.03 Å². The first-order valence-electron chi connectivity index (χ1n) is 8.67. The molecule has 1 aliphatic rings. The van der Waals surface area contributed by atoms with Crippen LogP contribution >= 0.6 is 0 Å². The number of benzene rings is 2. The van der Waals surface area contributed by atoms with Crippen LogP contribution in [0.3, 0.4) is 0 Å². The van der Waals surface area contributed by atoms with Crippen LogP contribution in [0.1, 0.15) is 18.1 Å². The van der Waals surface area contributed by atoms with Crippen LogP contribution < -0.4 is 5.32 Å². The van der Waals surface area contributed by atoms with Crippen LogP contribution in [0.4, 0.5) is 19.3 Å². The molecule has 1 N–H and O–H groups in total. The average Bonchev–Trinajstić information content (AvgIpc) is 2.89. The van der Waals surface area contributed by atoms with Crippen molar-refractivity contribution in [3.63, 3.8) is 0 Å². The van der Waals surface area contributed by atoms with E-state index < -0.39 is 17.7 Å². The van der Waals surface area contributed by atoms with E-state index in [1.807, 2.05) is 12.1 Å². The molecule has 26 heavy (non-hydrogen) atoms. The fourth-order valence-corrected chi connectivity index (χ4v) is 3.60. The molecule has 6 heteroatoms. The summed E-state index contributed by atoms with van der Waals surface area (Å²) in [7, 11) is 0. The van der Waals surface area contributed by atoms with Gasteiger partial charge in [0.25, 0.3) is 0 Å². The van der Waals surface area contributed by atoms with Gasteiger partial charge < -0.3 is 14.8 Å². The number of aromatic nitrogens is 1. The molecule has 134 valence electrons. The molecular weight excluding hydrogens is 336 g/mol. The van der Waals surface area contributed by atoms with E-state index in [-0.39, 0.29) is 5.69 Å². The Morgan fingerprint density at radius 1 is 1.19 bits per heavy atom. The normalized spacial score (nSPS) is 13.7. The van der Waals surface area contributed by atoms with Crippen LogP contribution in [0.25, 0.3) is 10.9 Å². The van der Waals surface area contributed by atoms with Crippen molar-refractivity contribution in [2.24, 2.45) is 0 Å². The maximum Gasteiger partial charge on any atom is 0.322 e. The van der Waals surface area contributed by atoms with E-state index in [4.69, 9.17) is 0 Å². The molecule has 4 nitrogen and oxygen atoms in total. The lowest BCUT2D eigenvalue weighted by molar-refractivity contribution is 0.210. The number of carbonyl (C=O) groups is 1. The van der Waals surface area contributed by atoms with Crippen LogP contribution in [0.15, 0.2) is 42.6 Å². The average molecular weight is 355 g/mol. The molecule has 0 saturated heterocycles. The molecule has 0 bridgehead atoms. The SMILES string of the molecule is CCn1cc2c3c(cccc31)CN(C(=O)Nc1cc(F)ccc1F)CC2. The lowest BCUT2D eigenvalue weighted by Crippen LogP contribution is -2.35. The highest BCUT2D eigenvalue weighted by atomic mass is 19.1. The van der Waals surface area contributed by atoms with Gasteiger partial charge in [-0.25, -0.2) is 13.6 Å². The van der Waals surface area contributed by atoms with Crippen LogP contribution in [0, 0.1) is 11.6 Å². The van der Waals surface area contributed by atoms with E-state index in [9.17, 15) is 13.6 Å². The third-order valence-electron chi connectivity index (χ3n) is 4.88. The minimum atomic E-state index is -0.655. The fraction of sp³-hybridized carbons (Fsp3) is 0.250. The number of carbonyl (C=O) groups excluding carboxylic acids is 1. The van der Waals surface area contributed by atoms with Crippen LogP contribution in [0.2, 0.25) is 0 Å². The summed E-state index contributed by atoms with van der Waals surface area (Å²) in [5.41, 5.74) is 3.30. The lowest BCUT2D eigenvalue weighted by atomic mass is 10.1. The van der Waals surface area contributed by atoms with Gasteiger partial charge in [0.1, 0.15) is 11.6 Å². The molecule has 3 aromatic rings. The van der Waals surface area contributed by atoms with Crippen LogP contribution in [0.5, 0.6) is 0 Å². The van der Waals surface area contributed by atoms with Crippen molar-refractivity contribution in [3.05, 3.63) is 65.4 Å². The van der Waals surface area contributed by atoms with E-state index in [0.29, 0.717) is 13.1 Å².